The molecule has 1 aliphatic heterocycles. The van der Waals surface area contributed by atoms with Gasteiger partial charge in [0, 0.05) is 37.0 Å². The largest absolute Gasteiger partial charge is 0.357 e. The number of amides is 1. The van der Waals surface area contributed by atoms with Gasteiger partial charge in [-0.2, -0.15) is 4.98 Å². The first-order valence-electron chi connectivity index (χ1n) is 10.0. The van der Waals surface area contributed by atoms with Crippen molar-refractivity contribution in [2.45, 2.75) is 26.2 Å². The molecule has 0 fully saturated rings. The van der Waals surface area contributed by atoms with Crippen molar-refractivity contribution in [2.75, 3.05) is 22.4 Å². The zero-order valence-electron chi connectivity index (χ0n) is 18.6. The maximum atomic E-state index is 12.7. The van der Waals surface area contributed by atoms with Gasteiger partial charge in [0.25, 0.3) is 10.0 Å². The molecule has 2 aromatic heterocycles. The maximum Gasteiger partial charge on any atom is 0.260 e. The molecular weight excluding hydrogens is 444 g/mol. The van der Waals surface area contributed by atoms with Crippen LogP contribution in [-0.2, 0) is 20.2 Å². The van der Waals surface area contributed by atoms with Gasteiger partial charge in [0.15, 0.2) is 5.82 Å². The fourth-order valence-electron chi connectivity index (χ4n) is 3.36. The van der Waals surface area contributed by atoms with E-state index in [1.807, 2.05) is 26.0 Å². The number of nitrogens with zero attached hydrogens (tertiary/aromatic N) is 5. The van der Waals surface area contributed by atoms with E-state index < -0.39 is 15.4 Å². The molecule has 0 saturated heterocycles. The van der Waals surface area contributed by atoms with Gasteiger partial charge in [-0.15, -0.1) is 5.10 Å². The van der Waals surface area contributed by atoms with Crippen LogP contribution in [0.2, 0.25) is 0 Å². The number of allylic oxidation sites excluding steroid dienone is 1. The van der Waals surface area contributed by atoms with E-state index in [1.165, 1.54) is 34.9 Å². The van der Waals surface area contributed by atoms with Crippen LogP contribution in [0, 0.1) is 0 Å². The summed E-state index contributed by atoms with van der Waals surface area (Å²) >= 11 is 0. The van der Waals surface area contributed by atoms with Crippen molar-refractivity contribution in [3.63, 3.8) is 0 Å². The summed E-state index contributed by atoms with van der Waals surface area (Å²) in [5, 5.41) is 10.3. The Bertz CT molecular complexity index is 1410. The Morgan fingerprint density at radius 2 is 2.09 bits per heavy atom. The SMILES string of the molecule is C=CN(C)/C=C(\C)S(=O)(=O)Nc1nccn2nc(Nc3ccc4c(c3)NC(=O)C4(C)C)nc12. The van der Waals surface area contributed by atoms with Gasteiger partial charge in [0.05, 0.1) is 10.3 Å². The first-order chi connectivity index (χ1) is 15.5. The van der Waals surface area contributed by atoms with E-state index in [1.54, 1.807) is 19.3 Å². The second-order valence-electron chi connectivity index (χ2n) is 8.14. The number of benzene rings is 1. The molecule has 1 aromatic carbocycles. The van der Waals surface area contributed by atoms with Crippen LogP contribution in [0.15, 0.2) is 54.5 Å². The summed E-state index contributed by atoms with van der Waals surface area (Å²) in [6.07, 6.45) is 5.90. The number of anilines is 4. The van der Waals surface area contributed by atoms with Crippen molar-refractivity contribution >= 4 is 44.7 Å². The van der Waals surface area contributed by atoms with Crippen molar-refractivity contribution in [3.8, 4) is 0 Å². The Labute approximate surface area is 191 Å². The lowest BCUT2D eigenvalue weighted by Crippen LogP contribution is -2.26. The van der Waals surface area contributed by atoms with Gasteiger partial charge in [-0.3, -0.25) is 9.52 Å². The Morgan fingerprint density at radius 3 is 2.82 bits per heavy atom. The van der Waals surface area contributed by atoms with Crippen LogP contribution in [-0.4, -0.2) is 45.9 Å². The Balaban J connectivity index is 1.61. The molecule has 0 bridgehead atoms. The highest BCUT2D eigenvalue weighted by molar-refractivity contribution is 7.96. The van der Waals surface area contributed by atoms with Crippen molar-refractivity contribution in [2.24, 2.45) is 0 Å². The standard InChI is InChI=1S/C21H24N8O3S/c1-6-28(5)12-13(2)33(31,32)27-17-18-25-20(26-29(18)10-9-22-17)23-14-7-8-15-16(11-14)24-19(30)21(15,3)4/h6-12H,1H2,2-5H3,(H,22,27)(H,23,26)(H,24,30)/b13-12+. The summed E-state index contributed by atoms with van der Waals surface area (Å²) in [5.74, 6) is 0.216. The third-order valence-electron chi connectivity index (χ3n) is 5.35. The predicted octanol–water partition coefficient (Wildman–Crippen LogP) is 2.78. The van der Waals surface area contributed by atoms with E-state index in [2.05, 4.69) is 37.0 Å². The van der Waals surface area contributed by atoms with E-state index in [-0.39, 0.29) is 28.2 Å². The minimum atomic E-state index is -3.87. The smallest absolute Gasteiger partial charge is 0.260 e. The first-order valence-corrected chi connectivity index (χ1v) is 11.5. The molecule has 1 amide bonds. The van der Waals surface area contributed by atoms with Crippen LogP contribution in [0.1, 0.15) is 26.3 Å². The Kier molecular flexibility index (Phi) is 5.32. The summed E-state index contributed by atoms with van der Waals surface area (Å²) < 4.78 is 29.3. The van der Waals surface area contributed by atoms with Gasteiger partial charge in [-0.1, -0.05) is 12.6 Å². The minimum Gasteiger partial charge on any atom is -0.357 e. The highest BCUT2D eigenvalue weighted by Crippen LogP contribution is 2.38. The zero-order valence-corrected chi connectivity index (χ0v) is 19.4. The van der Waals surface area contributed by atoms with Gasteiger partial charge < -0.3 is 15.5 Å². The second kappa shape index (κ2) is 7.89. The molecule has 0 saturated carbocycles. The number of fused-ring (bicyclic) bond motifs is 2. The van der Waals surface area contributed by atoms with Crippen molar-refractivity contribution in [1.82, 2.24) is 24.5 Å². The maximum absolute atomic E-state index is 12.7. The average Bonchev–Trinajstić information content (AvgIpc) is 3.25. The van der Waals surface area contributed by atoms with Crippen LogP contribution < -0.4 is 15.4 Å². The lowest BCUT2D eigenvalue weighted by Gasteiger charge is -2.14. The molecule has 4 rings (SSSR count). The highest BCUT2D eigenvalue weighted by Gasteiger charge is 2.38. The second-order valence-corrected chi connectivity index (χ2v) is 9.99. The molecular formula is C21H24N8O3S. The van der Waals surface area contributed by atoms with E-state index in [9.17, 15) is 13.2 Å². The minimum absolute atomic E-state index is 0.0371. The van der Waals surface area contributed by atoms with Gasteiger partial charge in [-0.25, -0.2) is 17.9 Å². The van der Waals surface area contributed by atoms with Gasteiger partial charge >= 0.3 is 0 Å². The fourth-order valence-corrected chi connectivity index (χ4v) is 4.22. The van der Waals surface area contributed by atoms with E-state index in [4.69, 9.17) is 0 Å². The van der Waals surface area contributed by atoms with Crippen LogP contribution >= 0.6 is 0 Å². The van der Waals surface area contributed by atoms with Crippen molar-refractivity contribution in [1.29, 1.82) is 0 Å². The molecule has 33 heavy (non-hydrogen) atoms. The van der Waals surface area contributed by atoms with Crippen LogP contribution in [0.25, 0.3) is 5.65 Å². The summed E-state index contributed by atoms with van der Waals surface area (Å²) in [4.78, 5) is 22.3. The highest BCUT2D eigenvalue weighted by atomic mass is 32.2. The van der Waals surface area contributed by atoms with Gasteiger partial charge in [0.2, 0.25) is 17.5 Å². The normalized spacial score (nSPS) is 15.2. The number of carbonyl (C=O) groups excluding carboxylic acids is 1. The number of nitrogens with one attached hydrogen (secondary N) is 3. The lowest BCUT2D eigenvalue weighted by molar-refractivity contribution is -0.119. The van der Waals surface area contributed by atoms with E-state index >= 15 is 0 Å². The summed E-state index contributed by atoms with van der Waals surface area (Å²) in [5.41, 5.74) is 1.93. The topological polar surface area (TPSA) is 134 Å². The third kappa shape index (κ3) is 4.12. The molecule has 0 aliphatic carbocycles. The molecule has 0 radical (unpaired) electrons. The average molecular weight is 469 g/mol. The van der Waals surface area contributed by atoms with Crippen molar-refractivity contribution in [3.05, 3.63) is 60.0 Å². The van der Waals surface area contributed by atoms with Crippen LogP contribution in [0.4, 0.5) is 23.1 Å². The molecule has 0 spiro atoms. The number of hydrogen-bond acceptors (Lipinski definition) is 8. The molecule has 172 valence electrons. The predicted molar refractivity (Wildman–Crippen MR) is 126 cm³/mol. The monoisotopic (exact) mass is 468 g/mol. The number of aromatic nitrogens is 4. The first kappa shape index (κ1) is 22.3. The third-order valence-corrected chi connectivity index (χ3v) is 6.76. The molecule has 12 heteroatoms. The summed E-state index contributed by atoms with van der Waals surface area (Å²) in [7, 11) is -2.19. The number of rotatable bonds is 7. The molecule has 3 aromatic rings. The molecule has 3 heterocycles. The molecule has 3 N–H and O–H groups in total. The summed E-state index contributed by atoms with van der Waals surface area (Å²) in [6, 6.07) is 5.51. The molecule has 1 aliphatic rings. The van der Waals surface area contributed by atoms with Crippen LogP contribution in [0.5, 0.6) is 0 Å². The summed E-state index contributed by atoms with van der Waals surface area (Å²) in [6.45, 7) is 8.79. The number of carbonyl (C=O) groups is 1. The van der Waals surface area contributed by atoms with Crippen molar-refractivity contribution < 1.29 is 13.2 Å². The molecule has 0 unspecified atom stereocenters. The molecule has 11 nitrogen and oxygen atoms in total. The van der Waals surface area contributed by atoms with E-state index in [0.29, 0.717) is 5.69 Å². The van der Waals surface area contributed by atoms with Gasteiger partial charge in [-0.05, 0) is 44.7 Å². The van der Waals surface area contributed by atoms with Gasteiger partial charge in [0.1, 0.15) is 0 Å². The quantitative estimate of drug-likeness (QED) is 0.482. The molecule has 0 atom stereocenters. The van der Waals surface area contributed by atoms with Crippen LogP contribution in [0.3, 0.4) is 0 Å². The lowest BCUT2D eigenvalue weighted by atomic mass is 9.86. The zero-order chi connectivity index (χ0) is 24.0. The fraction of sp³-hybridized carbons (Fsp3) is 0.238. The Hall–Kier alpha value is -3.93. The number of sulfonamides is 1. The Morgan fingerprint density at radius 1 is 1.33 bits per heavy atom. The number of hydrogen-bond donors (Lipinski definition) is 3. The van der Waals surface area contributed by atoms with E-state index in [0.717, 1.165) is 11.3 Å².